The van der Waals surface area contributed by atoms with Gasteiger partial charge in [0.05, 0.1) is 4.92 Å². The molecule has 1 amide bonds. The average Bonchev–Trinajstić information content (AvgIpc) is 2.86. The monoisotopic (exact) mass is 299 g/mol. The molecule has 0 bridgehead atoms. The molecule has 1 fully saturated rings. The second kappa shape index (κ2) is 6.15. The molecular weight excluding hydrogens is 286 g/mol. The van der Waals surface area contributed by atoms with E-state index in [0.717, 1.165) is 6.42 Å². The number of carbonyl (C=O) groups is 1. The number of likely N-dealkylation sites (tertiary alicyclic amines) is 1. The van der Waals surface area contributed by atoms with Crippen molar-refractivity contribution in [1.29, 1.82) is 0 Å². The fourth-order valence-corrected chi connectivity index (χ4v) is 2.61. The van der Waals surface area contributed by atoms with Gasteiger partial charge in [0.2, 0.25) is 5.15 Å². The normalized spacial score (nSPS) is 18.3. The number of hydrogen-bond acceptors (Lipinski definition) is 5. The molecule has 1 aliphatic heterocycles. The molecule has 0 aromatic carbocycles. The summed E-state index contributed by atoms with van der Waals surface area (Å²) in [6.07, 6.45) is 2.70. The maximum Gasteiger partial charge on any atom is 0.319 e. The van der Waals surface area contributed by atoms with Gasteiger partial charge in [-0.25, -0.2) is 4.98 Å². The molecule has 8 heteroatoms. The largest absolute Gasteiger partial charge is 0.396 e. The standard InChI is InChI=1S/C12H14ClN3O4/c13-11-10(16(19)20)9(1-4-14-11)12(18)15-5-2-8(7-15)3-6-17/h1,4,8,17H,2-3,5-7H2. The summed E-state index contributed by atoms with van der Waals surface area (Å²) >= 11 is 5.70. The summed E-state index contributed by atoms with van der Waals surface area (Å²) in [4.78, 5) is 27.9. The van der Waals surface area contributed by atoms with Crippen LogP contribution in [0.2, 0.25) is 5.15 Å². The molecule has 2 heterocycles. The zero-order chi connectivity index (χ0) is 14.7. The topological polar surface area (TPSA) is 96.6 Å². The highest BCUT2D eigenvalue weighted by Gasteiger charge is 2.32. The van der Waals surface area contributed by atoms with Crippen LogP contribution in [0.15, 0.2) is 12.3 Å². The Hall–Kier alpha value is -1.73. The van der Waals surface area contributed by atoms with Gasteiger partial charge in [0.1, 0.15) is 5.56 Å². The molecule has 0 aliphatic carbocycles. The summed E-state index contributed by atoms with van der Waals surface area (Å²) in [5.41, 5.74) is -0.496. The minimum absolute atomic E-state index is 0.0420. The highest BCUT2D eigenvalue weighted by Crippen LogP contribution is 2.29. The maximum absolute atomic E-state index is 12.3. The van der Waals surface area contributed by atoms with Gasteiger partial charge in [0, 0.05) is 25.9 Å². The Labute approximate surface area is 120 Å². The van der Waals surface area contributed by atoms with Crippen LogP contribution >= 0.6 is 11.6 Å². The number of aliphatic hydroxyl groups excluding tert-OH is 1. The summed E-state index contributed by atoms with van der Waals surface area (Å²) in [5.74, 6) is -0.179. The molecule has 0 radical (unpaired) electrons. The molecule has 1 N–H and O–H groups in total. The van der Waals surface area contributed by atoms with Gasteiger partial charge in [-0.3, -0.25) is 14.9 Å². The van der Waals surface area contributed by atoms with Crippen molar-refractivity contribution in [3.05, 3.63) is 33.1 Å². The van der Waals surface area contributed by atoms with Crippen LogP contribution < -0.4 is 0 Å². The lowest BCUT2D eigenvalue weighted by Gasteiger charge is -2.16. The van der Waals surface area contributed by atoms with Gasteiger partial charge in [0.25, 0.3) is 5.91 Å². The molecule has 1 saturated heterocycles. The predicted octanol–water partition coefficient (Wildman–Crippen LogP) is 1.49. The van der Waals surface area contributed by atoms with Crippen molar-refractivity contribution in [2.45, 2.75) is 12.8 Å². The van der Waals surface area contributed by atoms with Crippen molar-refractivity contribution in [3.8, 4) is 0 Å². The number of nitrogens with zero attached hydrogens (tertiary/aromatic N) is 3. The van der Waals surface area contributed by atoms with E-state index in [1.54, 1.807) is 4.90 Å². The number of rotatable bonds is 4. The number of pyridine rings is 1. The highest BCUT2D eigenvalue weighted by atomic mass is 35.5. The number of nitro groups is 1. The van der Waals surface area contributed by atoms with E-state index < -0.39 is 16.5 Å². The lowest BCUT2D eigenvalue weighted by atomic mass is 10.1. The molecule has 7 nitrogen and oxygen atoms in total. The summed E-state index contributed by atoms with van der Waals surface area (Å²) in [5, 5.41) is 19.6. The number of hydrogen-bond donors (Lipinski definition) is 1. The van der Waals surface area contributed by atoms with Gasteiger partial charge in [-0.05, 0) is 24.8 Å². The summed E-state index contributed by atoms with van der Waals surface area (Å²) in [6.45, 7) is 1.10. The number of amides is 1. The van der Waals surface area contributed by atoms with Crippen LogP contribution in [0.1, 0.15) is 23.2 Å². The van der Waals surface area contributed by atoms with Crippen molar-refractivity contribution in [1.82, 2.24) is 9.88 Å². The first kappa shape index (κ1) is 14.7. The fraction of sp³-hybridized carbons (Fsp3) is 0.500. The third kappa shape index (κ3) is 2.88. The van der Waals surface area contributed by atoms with E-state index in [0.29, 0.717) is 19.5 Å². The lowest BCUT2D eigenvalue weighted by Crippen LogP contribution is -2.29. The third-order valence-corrected chi connectivity index (χ3v) is 3.68. The van der Waals surface area contributed by atoms with Crippen molar-refractivity contribution in [2.24, 2.45) is 5.92 Å². The Morgan fingerprint density at radius 3 is 3.05 bits per heavy atom. The molecule has 0 saturated carbocycles. The van der Waals surface area contributed by atoms with E-state index in [2.05, 4.69) is 4.98 Å². The first-order valence-electron chi connectivity index (χ1n) is 6.23. The van der Waals surface area contributed by atoms with E-state index in [1.807, 2.05) is 0 Å². The second-order valence-corrected chi connectivity index (χ2v) is 5.03. The minimum atomic E-state index is -0.691. The molecule has 1 unspecified atom stereocenters. The first-order valence-corrected chi connectivity index (χ1v) is 6.61. The van der Waals surface area contributed by atoms with Gasteiger partial charge < -0.3 is 10.0 Å². The van der Waals surface area contributed by atoms with Crippen LogP contribution in [0.4, 0.5) is 5.69 Å². The summed E-state index contributed by atoms with van der Waals surface area (Å²) < 4.78 is 0. The fourth-order valence-electron chi connectivity index (χ4n) is 2.38. The predicted molar refractivity (Wildman–Crippen MR) is 71.6 cm³/mol. The summed E-state index contributed by atoms with van der Waals surface area (Å²) in [6, 6.07) is 1.31. The molecule has 20 heavy (non-hydrogen) atoms. The second-order valence-electron chi connectivity index (χ2n) is 4.67. The van der Waals surface area contributed by atoms with E-state index in [1.165, 1.54) is 12.3 Å². The smallest absolute Gasteiger partial charge is 0.319 e. The Morgan fingerprint density at radius 1 is 1.65 bits per heavy atom. The van der Waals surface area contributed by atoms with Gasteiger partial charge in [0.15, 0.2) is 0 Å². The van der Waals surface area contributed by atoms with Crippen molar-refractivity contribution in [2.75, 3.05) is 19.7 Å². The molecule has 1 aromatic rings. The Kier molecular flexibility index (Phi) is 4.51. The third-order valence-electron chi connectivity index (χ3n) is 3.40. The minimum Gasteiger partial charge on any atom is -0.396 e. The van der Waals surface area contributed by atoms with Gasteiger partial charge in [-0.2, -0.15) is 0 Å². The van der Waals surface area contributed by atoms with Gasteiger partial charge in [-0.15, -0.1) is 0 Å². The Morgan fingerprint density at radius 2 is 2.40 bits per heavy atom. The lowest BCUT2D eigenvalue weighted by molar-refractivity contribution is -0.385. The molecule has 1 aliphatic rings. The quantitative estimate of drug-likeness (QED) is 0.516. The molecule has 1 aromatic heterocycles. The van der Waals surface area contributed by atoms with Crippen LogP contribution in [0.5, 0.6) is 0 Å². The zero-order valence-corrected chi connectivity index (χ0v) is 11.4. The molecular formula is C12H14ClN3O4. The van der Waals surface area contributed by atoms with Crippen molar-refractivity contribution < 1.29 is 14.8 Å². The van der Waals surface area contributed by atoms with E-state index in [9.17, 15) is 14.9 Å². The van der Waals surface area contributed by atoms with E-state index in [-0.39, 0.29) is 23.2 Å². The Bertz CT molecular complexity index is 537. The Balaban J connectivity index is 2.22. The van der Waals surface area contributed by atoms with Crippen molar-refractivity contribution >= 4 is 23.2 Å². The number of aliphatic hydroxyl groups is 1. The van der Waals surface area contributed by atoms with E-state index >= 15 is 0 Å². The molecule has 0 spiro atoms. The van der Waals surface area contributed by atoms with Crippen LogP contribution in [-0.4, -0.2) is 45.5 Å². The van der Waals surface area contributed by atoms with E-state index in [4.69, 9.17) is 16.7 Å². The maximum atomic E-state index is 12.3. The molecule has 2 rings (SSSR count). The van der Waals surface area contributed by atoms with Gasteiger partial charge in [-0.1, -0.05) is 11.6 Å². The van der Waals surface area contributed by atoms with Gasteiger partial charge >= 0.3 is 5.69 Å². The average molecular weight is 300 g/mol. The highest BCUT2D eigenvalue weighted by molar-refractivity contribution is 6.32. The molecule has 108 valence electrons. The zero-order valence-electron chi connectivity index (χ0n) is 10.7. The number of halogens is 1. The number of carbonyl (C=O) groups excluding carboxylic acids is 1. The van der Waals surface area contributed by atoms with Crippen LogP contribution in [-0.2, 0) is 0 Å². The van der Waals surface area contributed by atoms with Crippen LogP contribution in [0.25, 0.3) is 0 Å². The molecule has 1 atom stereocenters. The van der Waals surface area contributed by atoms with Crippen LogP contribution in [0, 0.1) is 16.0 Å². The van der Waals surface area contributed by atoms with Crippen LogP contribution in [0.3, 0.4) is 0 Å². The number of aromatic nitrogens is 1. The summed E-state index contributed by atoms with van der Waals surface area (Å²) in [7, 11) is 0. The SMILES string of the molecule is O=C(c1ccnc(Cl)c1[N+](=O)[O-])N1CCC(CCO)C1. The first-order chi connectivity index (χ1) is 9.54. The van der Waals surface area contributed by atoms with Crippen molar-refractivity contribution in [3.63, 3.8) is 0 Å².